The van der Waals surface area contributed by atoms with Crippen LogP contribution in [0.5, 0.6) is 0 Å². The highest BCUT2D eigenvalue weighted by Gasteiger charge is 2.20. The molecule has 7 aromatic carbocycles. The van der Waals surface area contributed by atoms with E-state index in [1.807, 2.05) is 24.3 Å². The van der Waals surface area contributed by atoms with Crippen molar-refractivity contribution in [2.24, 2.45) is 40.1 Å². The number of nitrogens with two attached hydrogens (primary N) is 7. The normalized spacial score (nSPS) is 10.3. The highest BCUT2D eigenvalue weighted by atomic mass is 35.5. The molecule has 0 atom stereocenters. The Morgan fingerprint density at radius 3 is 0.731 bits per heavy atom. The van der Waals surface area contributed by atoms with Crippen molar-refractivity contribution in [2.45, 2.75) is 135 Å². The maximum Gasteiger partial charge on any atom is 0.251 e. The average Bonchev–Trinajstić information content (AvgIpc) is 0.828. The number of aliphatic hydroxyl groups excluding tert-OH is 8. The largest absolute Gasteiger partial charge is 0.396 e. The summed E-state index contributed by atoms with van der Waals surface area (Å²) in [5.74, 6) is -2.36. The zero-order chi connectivity index (χ0) is 96.5. The van der Waals surface area contributed by atoms with E-state index in [9.17, 15) is 57.5 Å². The molecule has 0 saturated carbocycles. The molecule has 6 amide bonds. The fraction of sp³-hybridized carbons (Fsp3) is 0.438. The minimum Gasteiger partial charge on any atom is -0.396 e. The molecule has 0 heterocycles. The number of aryl methyl sites for hydroxylation is 3. The molecular formula is C96H138ClN13O20. The lowest BCUT2D eigenvalue weighted by molar-refractivity contribution is 0.0934. The van der Waals surface area contributed by atoms with Crippen molar-refractivity contribution in [1.29, 1.82) is 0 Å². The van der Waals surface area contributed by atoms with Gasteiger partial charge in [0.05, 0.1) is 19.8 Å². The van der Waals surface area contributed by atoms with Crippen molar-refractivity contribution < 1.29 is 98.4 Å². The van der Waals surface area contributed by atoms with Crippen molar-refractivity contribution in [3.63, 3.8) is 0 Å². The van der Waals surface area contributed by atoms with E-state index in [-0.39, 0.29) is 185 Å². The van der Waals surface area contributed by atoms with Gasteiger partial charge in [0.1, 0.15) is 0 Å². The molecule has 0 bridgehead atoms. The van der Waals surface area contributed by atoms with Crippen LogP contribution in [0.2, 0.25) is 5.02 Å². The van der Waals surface area contributed by atoms with Gasteiger partial charge in [0.25, 0.3) is 35.4 Å². The summed E-state index contributed by atoms with van der Waals surface area (Å²) in [6.07, 6.45) is 12.6. The van der Waals surface area contributed by atoms with E-state index in [1.165, 1.54) is 48.0 Å². The monoisotopic (exact) mass is 1830 g/mol. The van der Waals surface area contributed by atoms with E-state index >= 15 is 0 Å². The second-order valence-electron chi connectivity index (χ2n) is 29.1. The Hall–Kier alpha value is -10.9. The Kier molecular flexibility index (Phi) is 67.4. The van der Waals surface area contributed by atoms with Crippen LogP contribution in [0, 0.1) is 0 Å². The summed E-state index contributed by atoms with van der Waals surface area (Å²) in [6.45, 7) is 4.86. The maximum atomic E-state index is 12.2. The van der Waals surface area contributed by atoms with Crippen LogP contribution in [-0.2, 0) is 19.3 Å². The van der Waals surface area contributed by atoms with E-state index in [1.54, 1.807) is 78.9 Å². The van der Waals surface area contributed by atoms with E-state index in [0.29, 0.717) is 161 Å². The van der Waals surface area contributed by atoms with Gasteiger partial charge in [0, 0.05) is 202 Å². The Balaban J connectivity index is 0.000000768. The number of nitrogens with one attached hydrogen (secondary N) is 6. The third kappa shape index (κ3) is 50.9. The molecular weight excluding hydrogens is 1690 g/mol. The summed E-state index contributed by atoms with van der Waals surface area (Å²) in [4.78, 5) is 142. The van der Waals surface area contributed by atoms with Crippen LogP contribution in [0.25, 0.3) is 0 Å². The van der Waals surface area contributed by atoms with E-state index in [2.05, 4.69) is 44.0 Å². The molecule has 7 aromatic rings. The first-order valence-corrected chi connectivity index (χ1v) is 44.3. The van der Waals surface area contributed by atoms with Gasteiger partial charge in [-0.2, -0.15) is 0 Å². The topological polar surface area (TPSA) is 621 Å². The van der Waals surface area contributed by atoms with Gasteiger partial charge in [-0.3, -0.25) is 57.5 Å². The number of amides is 6. The first kappa shape index (κ1) is 117. The molecule has 0 aliphatic rings. The number of carbonyl (C=O) groups excluding carboxylic acids is 12. The zero-order valence-electron chi connectivity index (χ0n) is 74.6. The lowest BCUT2D eigenvalue weighted by Crippen LogP contribution is -2.29. The zero-order valence-corrected chi connectivity index (χ0v) is 75.4. The molecule has 0 aromatic heterocycles. The summed E-state index contributed by atoms with van der Waals surface area (Å²) < 4.78 is 0. The van der Waals surface area contributed by atoms with Crippen molar-refractivity contribution in [1.82, 2.24) is 31.9 Å². The third-order valence-corrected chi connectivity index (χ3v) is 19.0. The molecule has 34 heteroatoms. The second-order valence-corrected chi connectivity index (χ2v) is 29.5. The van der Waals surface area contributed by atoms with Crippen molar-refractivity contribution in [3.8, 4) is 0 Å². The lowest BCUT2D eigenvalue weighted by Gasteiger charge is -2.13. The molecule has 0 saturated heterocycles. The number of ketones is 6. The van der Waals surface area contributed by atoms with Crippen LogP contribution in [0.3, 0.4) is 0 Å². The molecule has 714 valence electrons. The van der Waals surface area contributed by atoms with Gasteiger partial charge < -0.3 is 113 Å². The molecule has 0 radical (unpaired) electrons. The maximum absolute atomic E-state index is 12.2. The number of hydrogen-bond donors (Lipinski definition) is 21. The number of carbonyl (C=O) groups is 12. The van der Waals surface area contributed by atoms with Gasteiger partial charge in [0.2, 0.25) is 0 Å². The number of benzene rings is 7. The first-order chi connectivity index (χ1) is 62.8. The minimum absolute atomic E-state index is 0.00826. The molecule has 28 N–H and O–H groups in total. The average molecular weight is 1830 g/mol. The molecule has 0 spiro atoms. The Morgan fingerprint density at radius 1 is 0.223 bits per heavy atom. The smallest absolute Gasteiger partial charge is 0.251 e. The summed E-state index contributed by atoms with van der Waals surface area (Å²) >= 11 is 6.53. The summed E-state index contributed by atoms with van der Waals surface area (Å²) in [6, 6.07) is 44.3. The van der Waals surface area contributed by atoms with Crippen LogP contribution in [0.1, 0.15) is 257 Å². The molecule has 7 rings (SSSR count). The van der Waals surface area contributed by atoms with Gasteiger partial charge in [-0.05, 0) is 224 Å². The molecule has 0 unspecified atom stereocenters. The number of unbranched alkanes of at least 4 members (excludes halogenated alkanes) is 3. The standard InChI is InChI=1S/C18H29ClO3.C17H26N4O3.C17H24N2O5.C13H19N3O2.C13H17NO4.C9H12N2O.C9H11NO2/c19-18-16(8-2-5-11-21)13-15(7-1-4-10-20)14-17(18)9-3-6-12-22;18-5-1-3-15(22)12-9-13(16(23)4-2-6-19)11-14(10-12)17(24)21-8-7-20;18-5-1-3-15(22)12-9-13(16(23)4-2-7-20)11-14(10-12)17(24)19-6-8-21;14-6-2-5-12(17)10-3-1-4-11(9-10)13(18)16-8-7-15;15-7-2-5-12(17)10-3-1-4-11(9-10)13(18)14-6-8-16;10-6-7-11-9(12)8-4-2-1-3-5-8;11-7-6-10-9(12)8-4-2-1-3-5-8/h13-14,20-22H,1-12H2;9-11H,1-8,18-20H2,(H,21,24);9-11,20-21H,1-8,18H2,(H,19,24);1,3-4,9H,2,5-8,14-15H2,(H,16,18);1,3-4,9,15-16H,2,5-8H2,(H,14,18);1-5H,6-7,10H2,(H,11,12);1-5,11H,6-7H2,(H,10,12). The summed E-state index contributed by atoms with van der Waals surface area (Å²) in [5, 5.41) is 86.5. The fourth-order valence-electron chi connectivity index (χ4n) is 11.7. The second kappa shape index (κ2) is 74.8. The fourth-order valence-corrected chi connectivity index (χ4v) is 12.0. The number of halogens is 1. The third-order valence-electron chi connectivity index (χ3n) is 18.5. The van der Waals surface area contributed by atoms with Crippen molar-refractivity contribution in [3.05, 3.63) is 246 Å². The SMILES string of the molecule is NCCCC(=O)c1cc(C(=O)CCCN)cc(C(=O)NCCN)c1.NCCCC(=O)c1cc(C(=O)CCCO)cc(C(=O)NCCO)c1.NCCCC(=O)c1cccc(C(=O)NCCN)c1.NCCNC(=O)c1ccccc1.O=C(CCCO)c1cccc(C(=O)NCCO)c1.O=C(NCCO)c1ccccc1.OCCCCc1cc(CCCCO)c(Cl)c(CCCCO)c1. The van der Waals surface area contributed by atoms with Crippen molar-refractivity contribution >= 4 is 81.7 Å². The van der Waals surface area contributed by atoms with Gasteiger partial charge in [0.15, 0.2) is 34.7 Å². The van der Waals surface area contributed by atoms with Crippen LogP contribution < -0.4 is 72.0 Å². The first-order valence-electron chi connectivity index (χ1n) is 43.9. The van der Waals surface area contributed by atoms with E-state index in [0.717, 1.165) is 73.9 Å². The summed E-state index contributed by atoms with van der Waals surface area (Å²) in [5.41, 5.74) is 46.0. The lowest BCUT2D eigenvalue weighted by atomic mass is 9.96. The van der Waals surface area contributed by atoms with Crippen molar-refractivity contribution in [2.75, 3.05) is 138 Å². The van der Waals surface area contributed by atoms with Crippen LogP contribution >= 0.6 is 11.6 Å². The number of aliphatic hydroxyl groups is 8. The molecule has 0 aliphatic carbocycles. The molecule has 0 fully saturated rings. The highest BCUT2D eigenvalue weighted by Crippen LogP contribution is 2.28. The van der Waals surface area contributed by atoms with Gasteiger partial charge in [-0.1, -0.05) is 84.4 Å². The minimum atomic E-state index is -0.464. The van der Waals surface area contributed by atoms with Crippen LogP contribution in [0.15, 0.2) is 158 Å². The quantitative estimate of drug-likeness (QED) is 0.0171. The number of rotatable bonds is 54. The molecule has 130 heavy (non-hydrogen) atoms. The van der Waals surface area contributed by atoms with Crippen LogP contribution in [0.4, 0.5) is 0 Å². The Morgan fingerprint density at radius 2 is 0.454 bits per heavy atom. The number of Topliss-reactive ketones (excluding diaryl/α,β-unsaturated/α-hetero) is 6. The number of hydrogen-bond acceptors (Lipinski definition) is 27. The van der Waals surface area contributed by atoms with Gasteiger partial charge in [-0.25, -0.2) is 0 Å². The Bertz CT molecular complexity index is 3950. The predicted molar refractivity (Wildman–Crippen MR) is 504 cm³/mol. The van der Waals surface area contributed by atoms with E-state index in [4.69, 9.17) is 92.6 Å². The van der Waals surface area contributed by atoms with Gasteiger partial charge in [-0.15, -0.1) is 0 Å². The van der Waals surface area contributed by atoms with E-state index < -0.39 is 5.91 Å². The van der Waals surface area contributed by atoms with Gasteiger partial charge >= 0.3 is 0 Å². The predicted octanol–water partition coefficient (Wildman–Crippen LogP) is 5.23. The molecule has 0 aliphatic heterocycles. The van der Waals surface area contributed by atoms with Crippen LogP contribution in [-0.4, -0.2) is 249 Å². The Labute approximate surface area is 767 Å². The highest BCUT2D eigenvalue weighted by molar-refractivity contribution is 6.32. The molecule has 33 nitrogen and oxygen atoms in total. The summed E-state index contributed by atoms with van der Waals surface area (Å²) in [7, 11) is 0.